The van der Waals surface area contributed by atoms with E-state index in [2.05, 4.69) is 46.8 Å². The Morgan fingerprint density at radius 1 is 0.966 bits per heavy atom. The van der Waals surface area contributed by atoms with Gasteiger partial charge in [0.2, 0.25) is 0 Å². The van der Waals surface area contributed by atoms with Crippen LogP contribution >= 0.6 is 0 Å². The first-order chi connectivity index (χ1) is 13.6. The minimum atomic E-state index is -0.804. The Labute approximate surface area is 179 Å². The second kappa shape index (κ2) is 7.66. The Bertz CT molecular complexity index is 626. The summed E-state index contributed by atoms with van der Waals surface area (Å²) < 4.78 is 0. The van der Waals surface area contributed by atoms with Crippen LogP contribution in [-0.4, -0.2) is 21.9 Å². The highest BCUT2D eigenvalue weighted by atomic mass is 16.3. The van der Waals surface area contributed by atoms with Gasteiger partial charge in [-0.3, -0.25) is 0 Å². The fourth-order valence-electron chi connectivity index (χ4n) is 8.64. The number of hydrogen-bond acceptors (Lipinski definition) is 2. The number of allylic oxidation sites excluding steroid dienone is 1. The summed E-state index contributed by atoms with van der Waals surface area (Å²) in [5.41, 5.74) is -0.390. The molecular weight excluding hydrogens is 356 g/mol. The highest BCUT2D eigenvalue weighted by Gasteiger charge is 2.63. The molecule has 3 fully saturated rings. The third kappa shape index (κ3) is 3.45. The van der Waals surface area contributed by atoms with Gasteiger partial charge in [0, 0.05) is 11.8 Å². The van der Waals surface area contributed by atoms with Gasteiger partial charge in [0.25, 0.3) is 0 Å². The normalized spacial score (nSPS) is 50.1. The SMILES string of the molecule is CC(C)CCC[C@@H](C)[C@H]1CC[C@H]2[C@@H]3C=C[C@@]4(O)C[C@@H](O)CC[C@]4(C)[C@H]3CC[C@]12C. The summed E-state index contributed by atoms with van der Waals surface area (Å²) in [6.45, 7) is 12.2. The summed E-state index contributed by atoms with van der Waals surface area (Å²) in [5, 5.41) is 21.7. The first-order valence-corrected chi connectivity index (χ1v) is 12.7. The monoisotopic (exact) mass is 402 g/mol. The molecule has 0 aromatic carbocycles. The Balaban J connectivity index is 1.53. The van der Waals surface area contributed by atoms with Crippen LogP contribution in [0.15, 0.2) is 12.2 Å². The lowest BCUT2D eigenvalue weighted by Gasteiger charge is -2.61. The Morgan fingerprint density at radius 3 is 2.45 bits per heavy atom. The zero-order chi connectivity index (χ0) is 21.0. The van der Waals surface area contributed by atoms with E-state index in [1.165, 1.54) is 44.9 Å². The molecule has 0 aliphatic heterocycles. The zero-order valence-electron chi connectivity index (χ0n) is 19.7. The van der Waals surface area contributed by atoms with E-state index < -0.39 is 5.60 Å². The van der Waals surface area contributed by atoms with Gasteiger partial charge < -0.3 is 10.2 Å². The second-order valence-corrected chi connectivity index (χ2v) is 12.4. The lowest BCUT2D eigenvalue weighted by molar-refractivity contribution is -0.167. The van der Waals surface area contributed by atoms with Crippen molar-refractivity contribution in [3.8, 4) is 0 Å². The number of rotatable bonds is 5. The van der Waals surface area contributed by atoms with Crippen LogP contribution in [0.3, 0.4) is 0 Å². The van der Waals surface area contributed by atoms with E-state index in [0.717, 1.165) is 36.5 Å². The van der Waals surface area contributed by atoms with E-state index >= 15 is 0 Å². The van der Waals surface area contributed by atoms with Crippen LogP contribution in [0.2, 0.25) is 0 Å². The molecule has 0 amide bonds. The van der Waals surface area contributed by atoms with Gasteiger partial charge >= 0.3 is 0 Å². The maximum Gasteiger partial charge on any atom is 0.0908 e. The molecule has 4 rings (SSSR count). The van der Waals surface area contributed by atoms with E-state index in [-0.39, 0.29) is 11.5 Å². The molecule has 29 heavy (non-hydrogen) atoms. The molecule has 0 radical (unpaired) electrons. The van der Waals surface area contributed by atoms with Gasteiger partial charge in [-0.05, 0) is 79.4 Å². The van der Waals surface area contributed by atoms with Crippen LogP contribution in [-0.2, 0) is 0 Å². The maximum absolute atomic E-state index is 11.5. The van der Waals surface area contributed by atoms with Gasteiger partial charge in [-0.25, -0.2) is 0 Å². The number of aliphatic hydroxyl groups excluding tert-OH is 1. The molecule has 0 bridgehead atoms. The molecule has 0 heterocycles. The summed E-state index contributed by atoms with van der Waals surface area (Å²) in [6.07, 6.45) is 16.0. The first-order valence-electron chi connectivity index (χ1n) is 12.7. The molecule has 0 aromatic heterocycles. The molecule has 166 valence electrons. The molecule has 4 aliphatic carbocycles. The zero-order valence-corrected chi connectivity index (χ0v) is 19.7. The van der Waals surface area contributed by atoms with Crippen LogP contribution in [0.5, 0.6) is 0 Å². The molecule has 2 heteroatoms. The molecule has 0 saturated heterocycles. The van der Waals surface area contributed by atoms with Crippen molar-refractivity contribution in [2.75, 3.05) is 0 Å². The summed E-state index contributed by atoms with van der Waals surface area (Å²) >= 11 is 0. The molecule has 9 atom stereocenters. The van der Waals surface area contributed by atoms with Gasteiger partial charge in [0.05, 0.1) is 11.7 Å². The molecule has 2 nitrogen and oxygen atoms in total. The topological polar surface area (TPSA) is 40.5 Å². The highest BCUT2D eigenvalue weighted by molar-refractivity contribution is 5.24. The summed E-state index contributed by atoms with van der Waals surface area (Å²) in [5.74, 6) is 4.52. The van der Waals surface area contributed by atoms with Crippen molar-refractivity contribution in [3.05, 3.63) is 12.2 Å². The quantitative estimate of drug-likeness (QED) is 0.525. The van der Waals surface area contributed by atoms with Crippen molar-refractivity contribution in [2.45, 2.75) is 111 Å². The van der Waals surface area contributed by atoms with Gasteiger partial charge in [0.15, 0.2) is 0 Å². The summed E-state index contributed by atoms with van der Waals surface area (Å²) in [7, 11) is 0. The minimum Gasteiger partial charge on any atom is -0.393 e. The largest absolute Gasteiger partial charge is 0.393 e. The van der Waals surface area contributed by atoms with E-state index in [1.54, 1.807) is 0 Å². The van der Waals surface area contributed by atoms with E-state index in [0.29, 0.717) is 23.7 Å². The van der Waals surface area contributed by atoms with Gasteiger partial charge in [-0.1, -0.05) is 66.0 Å². The van der Waals surface area contributed by atoms with Gasteiger partial charge in [0.1, 0.15) is 0 Å². The third-order valence-corrected chi connectivity index (χ3v) is 10.5. The molecule has 4 aliphatic rings. The second-order valence-electron chi connectivity index (χ2n) is 12.4. The Hall–Kier alpha value is -0.340. The third-order valence-electron chi connectivity index (χ3n) is 10.5. The number of aliphatic hydroxyl groups is 2. The minimum absolute atomic E-state index is 0.0616. The standard InChI is InChI=1S/C27H46O2/c1-18(2)7-6-8-19(3)22-9-10-23-21-12-16-27(29)17-20(28)11-15-26(27,5)24(21)13-14-25(22,23)4/h12,16,18-24,28-29H,6-11,13-15,17H2,1-5H3/t19-,20+,21+,22-,23+,24+,25-,26-,27-/m1/s1. The van der Waals surface area contributed by atoms with Crippen LogP contribution in [0.4, 0.5) is 0 Å². The fourth-order valence-corrected chi connectivity index (χ4v) is 8.64. The lowest BCUT2D eigenvalue weighted by Crippen LogP contribution is -2.60. The van der Waals surface area contributed by atoms with Gasteiger partial charge in [-0.15, -0.1) is 0 Å². The number of fused-ring (bicyclic) bond motifs is 5. The number of hydrogen-bond donors (Lipinski definition) is 2. The van der Waals surface area contributed by atoms with Crippen molar-refractivity contribution in [3.63, 3.8) is 0 Å². The van der Waals surface area contributed by atoms with Crippen LogP contribution in [0.1, 0.15) is 98.8 Å². The molecule has 0 spiro atoms. The van der Waals surface area contributed by atoms with Crippen molar-refractivity contribution >= 4 is 0 Å². The fraction of sp³-hybridized carbons (Fsp3) is 0.926. The maximum atomic E-state index is 11.5. The van der Waals surface area contributed by atoms with Crippen molar-refractivity contribution in [1.82, 2.24) is 0 Å². The average molecular weight is 403 g/mol. The average Bonchev–Trinajstić information content (AvgIpc) is 2.99. The predicted octanol–water partition coefficient (Wildman–Crippen LogP) is 6.36. The molecular formula is C27H46O2. The molecule has 2 N–H and O–H groups in total. The Morgan fingerprint density at radius 2 is 1.72 bits per heavy atom. The van der Waals surface area contributed by atoms with Crippen LogP contribution in [0.25, 0.3) is 0 Å². The first kappa shape index (κ1) is 21.9. The summed E-state index contributed by atoms with van der Waals surface area (Å²) in [6, 6.07) is 0. The van der Waals surface area contributed by atoms with Crippen molar-refractivity contribution in [1.29, 1.82) is 0 Å². The van der Waals surface area contributed by atoms with Crippen LogP contribution in [0, 0.1) is 46.3 Å². The van der Waals surface area contributed by atoms with E-state index in [4.69, 9.17) is 0 Å². The lowest BCUT2D eigenvalue weighted by atomic mass is 9.45. The Kier molecular flexibility index (Phi) is 5.78. The molecule has 0 aromatic rings. The van der Waals surface area contributed by atoms with Crippen molar-refractivity contribution < 1.29 is 10.2 Å². The van der Waals surface area contributed by atoms with Crippen molar-refractivity contribution in [2.24, 2.45) is 46.3 Å². The predicted molar refractivity (Wildman–Crippen MR) is 120 cm³/mol. The molecule has 3 saturated carbocycles. The van der Waals surface area contributed by atoms with Gasteiger partial charge in [-0.2, -0.15) is 0 Å². The highest BCUT2D eigenvalue weighted by Crippen LogP contribution is 2.67. The van der Waals surface area contributed by atoms with E-state index in [1.807, 2.05) is 0 Å². The summed E-state index contributed by atoms with van der Waals surface area (Å²) in [4.78, 5) is 0. The van der Waals surface area contributed by atoms with E-state index in [9.17, 15) is 10.2 Å². The van der Waals surface area contributed by atoms with Crippen LogP contribution < -0.4 is 0 Å². The smallest absolute Gasteiger partial charge is 0.0908 e. The molecule has 0 unspecified atom stereocenters.